The Labute approximate surface area is 329 Å². The number of aromatic nitrogens is 1. The van der Waals surface area contributed by atoms with Gasteiger partial charge in [-0.05, 0) is 105 Å². The van der Waals surface area contributed by atoms with Gasteiger partial charge >= 0.3 is 0 Å². The quantitative estimate of drug-likeness (QED) is 0.163. The molecule has 2 heteroatoms. The van der Waals surface area contributed by atoms with Crippen molar-refractivity contribution in [1.29, 1.82) is 0 Å². The van der Waals surface area contributed by atoms with E-state index in [2.05, 4.69) is 225 Å². The number of nitrogens with zero attached hydrogens (tertiary/aromatic N) is 2. The highest BCUT2D eigenvalue weighted by Crippen LogP contribution is 2.52. The molecule has 266 valence electrons. The zero-order valence-electron chi connectivity index (χ0n) is 31.5. The summed E-state index contributed by atoms with van der Waals surface area (Å²) >= 11 is 0. The maximum Gasteiger partial charge on any atom is 0.0788 e. The predicted octanol–water partition coefficient (Wildman–Crippen LogP) is 14.7. The lowest BCUT2D eigenvalue weighted by Crippen LogP contribution is -2.15. The zero-order chi connectivity index (χ0) is 37.6. The highest BCUT2D eigenvalue weighted by molar-refractivity contribution is 5.94. The molecule has 2 nitrogen and oxygen atoms in total. The number of anilines is 3. The van der Waals surface area contributed by atoms with Crippen LogP contribution in [-0.4, -0.2) is 4.98 Å². The van der Waals surface area contributed by atoms with Gasteiger partial charge in [0.2, 0.25) is 0 Å². The van der Waals surface area contributed by atoms with Crippen molar-refractivity contribution in [2.75, 3.05) is 4.90 Å². The first-order valence-corrected chi connectivity index (χ1v) is 19.4. The molecule has 10 rings (SSSR count). The Morgan fingerprint density at radius 2 is 0.875 bits per heavy atom. The van der Waals surface area contributed by atoms with Gasteiger partial charge in [0.25, 0.3) is 0 Å². The smallest absolute Gasteiger partial charge is 0.0788 e. The van der Waals surface area contributed by atoms with Crippen LogP contribution in [0.2, 0.25) is 0 Å². The first kappa shape index (κ1) is 33.5. The van der Waals surface area contributed by atoms with Crippen molar-refractivity contribution in [3.8, 4) is 55.8 Å². The van der Waals surface area contributed by atoms with Gasteiger partial charge in [0.05, 0.1) is 11.2 Å². The summed E-state index contributed by atoms with van der Waals surface area (Å²) in [6.45, 7) is 4.71. The molecule has 0 radical (unpaired) electrons. The highest BCUT2D eigenvalue weighted by Gasteiger charge is 2.36. The Balaban J connectivity index is 1.03. The lowest BCUT2D eigenvalue weighted by molar-refractivity contribution is 0.660. The van der Waals surface area contributed by atoms with E-state index in [0.29, 0.717) is 0 Å². The molecule has 1 aromatic heterocycles. The normalized spacial score (nSPS) is 12.6. The third-order valence-electron chi connectivity index (χ3n) is 11.5. The molecule has 0 aliphatic heterocycles. The van der Waals surface area contributed by atoms with Crippen molar-refractivity contribution in [1.82, 2.24) is 4.98 Å². The molecule has 0 saturated carbocycles. The standard InChI is InChI=1S/C54H40N2/c1-54(2)50-33-31-46(56(44-19-10-5-11-20-44)45-29-26-40(27-30-45)39-24-22-38(23-25-39)37-14-6-3-7-15-37)36-49(50)47-32-28-43(35-51(47)54)53-48(41-16-8-4-9-17-41)34-42-18-12-13-21-52(42)55-53/h3-36H,1-2H3. The number of para-hydroxylation sites is 2. The molecule has 0 amide bonds. The summed E-state index contributed by atoms with van der Waals surface area (Å²) in [4.78, 5) is 7.65. The molecule has 0 spiro atoms. The Hall–Kier alpha value is -7.03. The van der Waals surface area contributed by atoms with E-state index in [0.717, 1.165) is 44.8 Å². The molecule has 1 aliphatic rings. The predicted molar refractivity (Wildman–Crippen MR) is 236 cm³/mol. The van der Waals surface area contributed by atoms with Gasteiger partial charge in [-0.2, -0.15) is 0 Å². The largest absolute Gasteiger partial charge is 0.310 e. The number of benzene rings is 8. The minimum Gasteiger partial charge on any atom is -0.310 e. The summed E-state index contributed by atoms with van der Waals surface area (Å²) in [5, 5.41) is 1.15. The van der Waals surface area contributed by atoms with Crippen molar-refractivity contribution in [2.24, 2.45) is 0 Å². The second-order valence-electron chi connectivity index (χ2n) is 15.2. The van der Waals surface area contributed by atoms with Crippen molar-refractivity contribution in [2.45, 2.75) is 19.3 Å². The second-order valence-corrected chi connectivity index (χ2v) is 15.2. The average molecular weight is 717 g/mol. The Morgan fingerprint density at radius 3 is 1.55 bits per heavy atom. The van der Waals surface area contributed by atoms with E-state index in [4.69, 9.17) is 4.98 Å². The summed E-state index contributed by atoms with van der Waals surface area (Å²) in [5.74, 6) is 0. The summed E-state index contributed by atoms with van der Waals surface area (Å²) in [7, 11) is 0. The second kappa shape index (κ2) is 13.7. The molecule has 0 bridgehead atoms. The van der Waals surface area contributed by atoms with E-state index in [-0.39, 0.29) is 5.41 Å². The Kier molecular flexibility index (Phi) is 8.19. The summed E-state index contributed by atoms with van der Waals surface area (Å²) in [5.41, 5.74) is 18.7. The molecular formula is C54H40N2. The van der Waals surface area contributed by atoms with Crippen LogP contribution in [0.15, 0.2) is 206 Å². The lowest BCUT2D eigenvalue weighted by atomic mass is 9.81. The van der Waals surface area contributed by atoms with Crippen LogP contribution in [0.4, 0.5) is 17.1 Å². The van der Waals surface area contributed by atoms with Crippen LogP contribution in [0.1, 0.15) is 25.0 Å². The van der Waals surface area contributed by atoms with E-state index in [1.54, 1.807) is 0 Å². The lowest BCUT2D eigenvalue weighted by Gasteiger charge is -2.27. The van der Waals surface area contributed by atoms with E-state index in [1.807, 2.05) is 0 Å². The van der Waals surface area contributed by atoms with Crippen LogP contribution in [0.25, 0.3) is 66.7 Å². The maximum absolute atomic E-state index is 5.28. The van der Waals surface area contributed by atoms with Crippen LogP contribution in [0, 0.1) is 0 Å². The van der Waals surface area contributed by atoms with Gasteiger partial charge < -0.3 is 4.90 Å². The van der Waals surface area contributed by atoms with Gasteiger partial charge in [0.1, 0.15) is 0 Å². The minimum absolute atomic E-state index is 0.182. The van der Waals surface area contributed by atoms with Gasteiger partial charge in [-0.1, -0.05) is 166 Å². The van der Waals surface area contributed by atoms with Gasteiger partial charge in [-0.25, -0.2) is 4.98 Å². The number of hydrogen-bond acceptors (Lipinski definition) is 2. The number of hydrogen-bond donors (Lipinski definition) is 0. The molecule has 8 aromatic carbocycles. The molecule has 0 saturated heterocycles. The third kappa shape index (κ3) is 5.88. The van der Waals surface area contributed by atoms with Crippen LogP contribution in [0.3, 0.4) is 0 Å². The van der Waals surface area contributed by atoms with Crippen molar-refractivity contribution >= 4 is 28.0 Å². The first-order valence-electron chi connectivity index (χ1n) is 19.4. The molecule has 0 fully saturated rings. The van der Waals surface area contributed by atoms with Gasteiger partial charge in [-0.3, -0.25) is 0 Å². The van der Waals surface area contributed by atoms with E-state index in [1.165, 1.54) is 50.1 Å². The van der Waals surface area contributed by atoms with E-state index in [9.17, 15) is 0 Å². The van der Waals surface area contributed by atoms with Crippen LogP contribution in [0.5, 0.6) is 0 Å². The fourth-order valence-corrected chi connectivity index (χ4v) is 8.51. The monoisotopic (exact) mass is 716 g/mol. The minimum atomic E-state index is -0.182. The Bertz CT molecular complexity index is 2840. The van der Waals surface area contributed by atoms with Crippen LogP contribution >= 0.6 is 0 Å². The molecule has 0 atom stereocenters. The molecule has 56 heavy (non-hydrogen) atoms. The first-order chi connectivity index (χ1) is 27.5. The van der Waals surface area contributed by atoms with Crippen molar-refractivity contribution in [3.05, 3.63) is 217 Å². The SMILES string of the molecule is CC1(C)c2ccc(N(c3ccccc3)c3ccc(-c4ccc(-c5ccccc5)cc4)cc3)cc2-c2ccc(-c3nc4ccccc4cc3-c3ccccc3)cc21. The fourth-order valence-electron chi connectivity index (χ4n) is 8.51. The fraction of sp³-hybridized carbons (Fsp3) is 0.0556. The third-order valence-corrected chi connectivity index (χ3v) is 11.5. The van der Waals surface area contributed by atoms with Crippen molar-refractivity contribution in [3.63, 3.8) is 0 Å². The van der Waals surface area contributed by atoms with Crippen molar-refractivity contribution < 1.29 is 0 Å². The molecule has 1 aliphatic carbocycles. The van der Waals surface area contributed by atoms with Gasteiger partial charge in [-0.15, -0.1) is 0 Å². The Morgan fingerprint density at radius 1 is 0.357 bits per heavy atom. The average Bonchev–Trinajstić information content (AvgIpc) is 3.49. The number of rotatable bonds is 7. The van der Waals surface area contributed by atoms with E-state index < -0.39 is 0 Å². The summed E-state index contributed by atoms with van der Waals surface area (Å²) in [6.07, 6.45) is 0. The van der Waals surface area contributed by atoms with Gasteiger partial charge in [0.15, 0.2) is 0 Å². The zero-order valence-corrected chi connectivity index (χ0v) is 31.5. The molecule has 9 aromatic rings. The number of fused-ring (bicyclic) bond motifs is 4. The molecule has 0 unspecified atom stereocenters. The molecule has 1 heterocycles. The molecule has 0 N–H and O–H groups in total. The van der Waals surface area contributed by atoms with Gasteiger partial charge in [0, 0.05) is 39.0 Å². The molecular weight excluding hydrogens is 677 g/mol. The van der Waals surface area contributed by atoms with Crippen LogP contribution < -0.4 is 4.90 Å². The summed E-state index contributed by atoms with van der Waals surface area (Å²) in [6, 6.07) is 74.4. The number of pyridine rings is 1. The topological polar surface area (TPSA) is 16.1 Å². The van der Waals surface area contributed by atoms with E-state index >= 15 is 0 Å². The van der Waals surface area contributed by atoms with Crippen LogP contribution in [-0.2, 0) is 5.41 Å². The maximum atomic E-state index is 5.28. The highest BCUT2D eigenvalue weighted by atomic mass is 15.1. The summed E-state index contributed by atoms with van der Waals surface area (Å²) < 4.78 is 0.